The van der Waals surface area contributed by atoms with Crippen molar-refractivity contribution in [2.45, 2.75) is 180 Å². The number of unbranched alkanes of at least 4 members (excludes halogenated alkanes) is 9. The predicted molar refractivity (Wildman–Crippen MR) is 167 cm³/mol. The molecule has 0 aliphatic carbocycles. The number of hydrogen-bond acceptors (Lipinski definition) is 4. The van der Waals surface area contributed by atoms with Gasteiger partial charge in [-0.3, -0.25) is 0 Å². The molecule has 4 N–H and O–H groups in total. The first-order valence-electron chi connectivity index (χ1n) is 16.5. The monoisotopic (exact) mass is 594 g/mol. The van der Waals surface area contributed by atoms with Gasteiger partial charge in [0.25, 0.3) is 0 Å². The molecule has 2 radical (unpaired) electrons. The Labute approximate surface area is 256 Å². The quantitative estimate of drug-likeness (QED) is 0.168. The molecular weight excluding hydrogens is 532 g/mol. The molecule has 0 unspecified atom stereocenters. The van der Waals surface area contributed by atoms with Crippen molar-refractivity contribution in [1.82, 2.24) is 31.4 Å². The molecule has 4 amide bonds. The van der Waals surface area contributed by atoms with Crippen molar-refractivity contribution in [2.24, 2.45) is 0 Å². The van der Waals surface area contributed by atoms with Crippen LogP contribution in [0.1, 0.15) is 145 Å². The SMILES string of the molecule is CC1(C)CC(NC(=O)NCCCCCCCCCCCCNC(=O)NC2CC(C)(C)N([O])C(C)(C)C2)CC(C)(C)N1[O]. The molecule has 2 saturated heterocycles. The lowest BCUT2D eigenvalue weighted by molar-refractivity contribution is -0.289. The highest BCUT2D eigenvalue weighted by Crippen LogP contribution is 2.38. The van der Waals surface area contributed by atoms with E-state index in [9.17, 15) is 20.0 Å². The Balaban J connectivity index is 1.40. The number of piperidine rings is 2. The second kappa shape index (κ2) is 15.9. The number of urea groups is 2. The normalized spacial score (nSPS) is 22.4. The molecule has 0 aromatic carbocycles. The molecule has 0 spiro atoms. The van der Waals surface area contributed by atoms with Crippen molar-refractivity contribution in [1.29, 1.82) is 0 Å². The molecule has 0 aromatic rings. The Morgan fingerprint density at radius 1 is 0.500 bits per heavy atom. The summed E-state index contributed by atoms with van der Waals surface area (Å²) in [5, 5.41) is 39.4. The zero-order valence-corrected chi connectivity index (χ0v) is 28.0. The Hall–Kier alpha value is -1.62. The van der Waals surface area contributed by atoms with Crippen molar-refractivity contribution >= 4 is 12.1 Å². The molecular formula is C32H62N6O4. The molecule has 2 fully saturated rings. The molecule has 2 heterocycles. The van der Waals surface area contributed by atoms with E-state index in [1.54, 1.807) is 0 Å². The second-order valence-electron chi connectivity index (χ2n) is 15.4. The average Bonchev–Trinajstić information content (AvgIpc) is 2.85. The summed E-state index contributed by atoms with van der Waals surface area (Å²) >= 11 is 0. The summed E-state index contributed by atoms with van der Waals surface area (Å²) in [6.07, 6.45) is 14.1. The first-order valence-corrected chi connectivity index (χ1v) is 16.5. The number of hydroxylamine groups is 4. The summed E-state index contributed by atoms with van der Waals surface area (Å²) < 4.78 is 0. The number of amides is 4. The zero-order valence-electron chi connectivity index (χ0n) is 28.0. The molecule has 0 atom stereocenters. The first kappa shape index (κ1) is 36.6. The summed E-state index contributed by atoms with van der Waals surface area (Å²) in [7, 11) is 0. The largest absolute Gasteiger partial charge is 0.338 e. The van der Waals surface area contributed by atoms with Crippen LogP contribution in [0.2, 0.25) is 0 Å². The minimum absolute atomic E-state index is 0.0104. The van der Waals surface area contributed by atoms with E-state index in [0.717, 1.165) is 25.7 Å². The third kappa shape index (κ3) is 11.8. The van der Waals surface area contributed by atoms with Gasteiger partial charge in [-0.25, -0.2) is 9.59 Å². The summed E-state index contributed by atoms with van der Waals surface area (Å²) in [6.45, 7) is 16.9. The van der Waals surface area contributed by atoms with E-state index in [2.05, 4.69) is 21.3 Å². The van der Waals surface area contributed by atoms with Gasteiger partial charge in [0.15, 0.2) is 0 Å². The minimum atomic E-state index is -0.483. The Morgan fingerprint density at radius 3 is 1.00 bits per heavy atom. The molecule has 42 heavy (non-hydrogen) atoms. The predicted octanol–water partition coefficient (Wildman–Crippen LogP) is 6.22. The van der Waals surface area contributed by atoms with E-state index in [4.69, 9.17) is 0 Å². The molecule has 0 aromatic heterocycles. The topological polar surface area (TPSA) is 129 Å². The molecule has 0 bridgehead atoms. The van der Waals surface area contributed by atoms with Crippen LogP contribution < -0.4 is 21.3 Å². The molecule has 10 heteroatoms. The number of carbonyl (C=O) groups is 2. The first-order chi connectivity index (χ1) is 19.5. The van der Waals surface area contributed by atoms with Crippen LogP contribution in [-0.2, 0) is 10.4 Å². The van der Waals surface area contributed by atoms with Crippen molar-refractivity contribution in [3.63, 3.8) is 0 Å². The van der Waals surface area contributed by atoms with Crippen LogP contribution in [0, 0.1) is 0 Å². The maximum absolute atomic E-state index is 12.5. The summed E-state index contributed by atoms with van der Waals surface area (Å²) in [5.41, 5.74) is -1.93. The average molecular weight is 595 g/mol. The maximum Gasteiger partial charge on any atom is 0.315 e. The number of carbonyl (C=O) groups excluding carboxylic acids is 2. The molecule has 2 aliphatic heterocycles. The van der Waals surface area contributed by atoms with Gasteiger partial charge in [-0.15, -0.1) is 20.5 Å². The van der Waals surface area contributed by atoms with Gasteiger partial charge in [0.1, 0.15) is 0 Å². The number of rotatable bonds is 15. The summed E-state index contributed by atoms with van der Waals surface area (Å²) in [4.78, 5) is 24.7. The van der Waals surface area contributed by atoms with E-state index >= 15 is 0 Å². The van der Waals surface area contributed by atoms with Gasteiger partial charge < -0.3 is 21.3 Å². The molecule has 244 valence electrons. The highest BCUT2D eigenvalue weighted by molar-refractivity contribution is 5.74. The van der Waals surface area contributed by atoms with Crippen LogP contribution in [0.3, 0.4) is 0 Å². The van der Waals surface area contributed by atoms with Gasteiger partial charge in [-0.2, -0.15) is 0 Å². The molecule has 2 rings (SSSR count). The van der Waals surface area contributed by atoms with Crippen LogP contribution >= 0.6 is 0 Å². The van der Waals surface area contributed by atoms with Gasteiger partial charge in [0, 0.05) is 47.3 Å². The lowest BCUT2D eigenvalue weighted by Gasteiger charge is -2.49. The Bertz CT molecular complexity index is 743. The number of nitrogens with one attached hydrogen (secondary N) is 4. The Morgan fingerprint density at radius 2 is 0.738 bits per heavy atom. The maximum atomic E-state index is 12.5. The Kier molecular flexibility index (Phi) is 13.9. The van der Waals surface area contributed by atoms with E-state index in [1.807, 2.05) is 55.4 Å². The highest BCUT2D eigenvalue weighted by Gasteiger charge is 2.47. The third-order valence-corrected chi connectivity index (χ3v) is 9.03. The van der Waals surface area contributed by atoms with Crippen molar-refractivity contribution < 1.29 is 20.0 Å². The van der Waals surface area contributed by atoms with E-state index in [-0.39, 0.29) is 24.1 Å². The molecule has 2 aliphatic rings. The molecule has 10 nitrogen and oxygen atoms in total. The number of hydrogen-bond donors (Lipinski definition) is 4. The standard InChI is InChI=1S/C32H62N6O4/c1-29(2)21-25(22-30(3,4)37(29)41)35-27(39)33-19-17-15-13-11-9-10-12-14-16-18-20-34-28(40)36-26-23-31(5,6)38(42)32(7,8)24-26/h25-26H,9-24H2,1-8H3,(H2,33,35,39)(H2,34,36,40). The lowest BCUT2D eigenvalue weighted by Crippen LogP contribution is -2.63. The van der Waals surface area contributed by atoms with Crippen LogP contribution in [0.15, 0.2) is 0 Å². The second-order valence-corrected chi connectivity index (χ2v) is 15.4. The minimum Gasteiger partial charge on any atom is -0.338 e. The summed E-state index contributed by atoms with van der Waals surface area (Å²) in [5.74, 6) is 0. The van der Waals surface area contributed by atoms with Gasteiger partial charge in [0.2, 0.25) is 0 Å². The van der Waals surface area contributed by atoms with Gasteiger partial charge in [-0.1, -0.05) is 51.4 Å². The van der Waals surface area contributed by atoms with Gasteiger partial charge in [0.05, 0.1) is 0 Å². The van der Waals surface area contributed by atoms with Crippen LogP contribution in [-0.4, -0.2) is 69.5 Å². The lowest BCUT2D eigenvalue weighted by atomic mass is 9.79. The highest BCUT2D eigenvalue weighted by atomic mass is 16.5. The molecule has 0 saturated carbocycles. The van der Waals surface area contributed by atoms with Gasteiger partial charge >= 0.3 is 12.1 Å². The van der Waals surface area contributed by atoms with E-state index in [1.165, 1.54) is 48.7 Å². The van der Waals surface area contributed by atoms with Crippen LogP contribution in [0.25, 0.3) is 0 Å². The fourth-order valence-corrected chi connectivity index (χ4v) is 7.27. The van der Waals surface area contributed by atoms with Crippen molar-refractivity contribution in [3.05, 3.63) is 0 Å². The zero-order chi connectivity index (χ0) is 31.6. The van der Waals surface area contributed by atoms with E-state index < -0.39 is 22.2 Å². The van der Waals surface area contributed by atoms with Crippen LogP contribution in [0.4, 0.5) is 9.59 Å². The van der Waals surface area contributed by atoms with Crippen molar-refractivity contribution in [3.8, 4) is 0 Å². The smallest absolute Gasteiger partial charge is 0.315 e. The van der Waals surface area contributed by atoms with Crippen molar-refractivity contribution in [2.75, 3.05) is 13.1 Å². The van der Waals surface area contributed by atoms with Crippen LogP contribution in [0.5, 0.6) is 0 Å². The fraction of sp³-hybridized carbons (Fsp3) is 0.938. The third-order valence-electron chi connectivity index (χ3n) is 9.03. The number of nitrogens with zero attached hydrogens (tertiary/aromatic N) is 2. The van der Waals surface area contributed by atoms with Gasteiger partial charge in [-0.05, 0) is 93.9 Å². The fourth-order valence-electron chi connectivity index (χ4n) is 7.27. The van der Waals surface area contributed by atoms with E-state index in [0.29, 0.717) is 38.8 Å². The summed E-state index contributed by atoms with van der Waals surface area (Å²) in [6, 6.07) is -0.237.